The van der Waals surface area contributed by atoms with Crippen LogP contribution < -0.4 is 9.47 Å². The zero-order valence-electron chi connectivity index (χ0n) is 22.6. The summed E-state index contributed by atoms with van der Waals surface area (Å²) in [4.78, 5) is 13.3. The van der Waals surface area contributed by atoms with Crippen LogP contribution in [0.15, 0.2) is 24.3 Å². The fraction of sp³-hybridized carbons (Fsp3) is 0.552. The lowest BCUT2D eigenvalue weighted by Crippen LogP contribution is -2.63. The van der Waals surface area contributed by atoms with Gasteiger partial charge in [-0.2, -0.15) is 0 Å². The number of hydrogen-bond acceptors (Lipinski definition) is 13. The molecule has 3 fully saturated rings. The van der Waals surface area contributed by atoms with Crippen molar-refractivity contribution in [1.29, 1.82) is 0 Å². The number of ether oxygens (including phenoxy) is 7. The van der Waals surface area contributed by atoms with E-state index >= 15 is 0 Å². The van der Waals surface area contributed by atoms with Crippen LogP contribution in [0.2, 0.25) is 0 Å². The Balaban J connectivity index is 1.32. The second-order valence-corrected chi connectivity index (χ2v) is 11.2. The van der Waals surface area contributed by atoms with Crippen molar-refractivity contribution in [3.05, 3.63) is 52.1 Å². The van der Waals surface area contributed by atoms with Crippen LogP contribution in [-0.4, -0.2) is 88.5 Å². The van der Waals surface area contributed by atoms with Crippen molar-refractivity contribution in [2.45, 2.75) is 69.2 Å². The molecule has 13 nitrogen and oxygen atoms in total. The van der Waals surface area contributed by atoms with Crippen LogP contribution in [0.5, 0.6) is 17.2 Å². The van der Waals surface area contributed by atoms with E-state index in [0.717, 1.165) is 0 Å². The molecule has 0 spiro atoms. The fourth-order valence-corrected chi connectivity index (χ4v) is 6.85. The van der Waals surface area contributed by atoms with Crippen molar-refractivity contribution in [1.82, 2.24) is 0 Å². The Morgan fingerprint density at radius 3 is 2.29 bits per heavy atom. The summed E-state index contributed by atoms with van der Waals surface area (Å²) in [6.07, 6.45) is -6.95. The van der Waals surface area contributed by atoms with Gasteiger partial charge in [-0.05, 0) is 47.9 Å². The van der Waals surface area contributed by atoms with Crippen LogP contribution in [0.25, 0.3) is 0 Å². The maximum atomic E-state index is 13.3. The number of aliphatic hydroxyl groups excluding tert-OH is 4. The Hall–Kier alpha value is -3.01. The predicted octanol–water partition coefficient (Wildman–Crippen LogP) is 0.306. The molecule has 2 aromatic carbocycles. The van der Waals surface area contributed by atoms with Gasteiger partial charge >= 0.3 is 5.97 Å². The summed E-state index contributed by atoms with van der Waals surface area (Å²) in [6.45, 7) is 0.875. The van der Waals surface area contributed by atoms with Gasteiger partial charge in [0.1, 0.15) is 30.2 Å². The third kappa shape index (κ3) is 4.35. The molecule has 5 N–H and O–H groups in total. The van der Waals surface area contributed by atoms with E-state index in [-0.39, 0.29) is 36.9 Å². The maximum Gasteiger partial charge on any atom is 0.310 e. The zero-order chi connectivity index (χ0) is 29.3. The molecule has 5 aliphatic rings. The van der Waals surface area contributed by atoms with E-state index in [4.69, 9.17) is 33.2 Å². The molecule has 10 atom stereocenters. The first kappa shape index (κ1) is 27.8. The summed E-state index contributed by atoms with van der Waals surface area (Å²) in [7, 11) is 0. The number of esters is 1. The van der Waals surface area contributed by atoms with E-state index in [1.54, 1.807) is 31.2 Å². The molecule has 0 bridgehead atoms. The Labute approximate surface area is 240 Å². The van der Waals surface area contributed by atoms with Crippen molar-refractivity contribution in [3.63, 3.8) is 0 Å². The summed E-state index contributed by atoms with van der Waals surface area (Å²) in [5.41, 5.74) is 2.25. The van der Waals surface area contributed by atoms with Crippen molar-refractivity contribution >= 4 is 5.97 Å². The van der Waals surface area contributed by atoms with E-state index in [1.165, 1.54) is 0 Å². The molecule has 0 radical (unpaired) electrons. The molecule has 1 unspecified atom stereocenters. The van der Waals surface area contributed by atoms with Gasteiger partial charge in [0.2, 0.25) is 6.79 Å². The SMILES string of the molecule is C[C@@H]1OC[C@H]2OC(O[C@@H]3c4cc5c(cc4[C@@H](c4cc(CO)c(O)c(CO)c4)[C@H]4C(=O)OC[C@@H]43)OCO5)[C@H](O)[C@@H](O)[C@@H]2O1. The third-order valence-corrected chi connectivity index (χ3v) is 8.87. The Bertz CT molecular complexity index is 1350. The van der Waals surface area contributed by atoms with Crippen molar-refractivity contribution in [3.8, 4) is 17.2 Å². The predicted molar refractivity (Wildman–Crippen MR) is 137 cm³/mol. The van der Waals surface area contributed by atoms with Crippen molar-refractivity contribution in [2.24, 2.45) is 11.8 Å². The van der Waals surface area contributed by atoms with Crippen molar-refractivity contribution in [2.75, 3.05) is 20.0 Å². The lowest BCUT2D eigenvalue weighted by molar-refractivity contribution is -0.364. The lowest BCUT2D eigenvalue weighted by atomic mass is 9.66. The normalized spacial score (nSPS) is 36.6. The zero-order valence-corrected chi connectivity index (χ0v) is 22.6. The molecular weight excluding hydrogens is 556 g/mol. The summed E-state index contributed by atoms with van der Waals surface area (Å²) in [5.74, 6) is -1.71. The molecule has 4 aliphatic heterocycles. The van der Waals surface area contributed by atoms with Gasteiger partial charge in [-0.3, -0.25) is 4.79 Å². The summed E-state index contributed by atoms with van der Waals surface area (Å²) < 4.78 is 40.5. The topological polar surface area (TPSA) is 183 Å². The number of cyclic esters (lactones) is 1. The molecule has 226 valence electrons. The van der Waals surface area contributed by atoms with Crippen LogP contribution in [0.3, 0.4) is 0 Å². The lowest BCUT2D eigenvalue weighted by Gasteiger charge is -2.47. The smallest absolute Gasteiger partial charge is 0.310 e. The van der Waals surface area contributed by atoms with Gasteiger partial charge in [-0.15, -0.1) is 0 Å². The van der Waals surface area contributed by atoms with Crippen LogP contribution in [0.4, 0.5) is 0 Å². The number of carbonyl (C=O) groups excluding carboxylic acids is 1. The molecule has 2 aromatic rings. The largest absolute Gasteiger partial charge is 0.507 e. The first-order valence-corrected chi connectivity index (χ1v) is 13.9. The Morgan fingerprint density at radius 2 is 1.60 bits per heavy atom. The van der Waals surface area contributed by atoms with Crippen molar-refractivity contribution < 1.29 is 63.5 Å². The van der Waals surface area contributed by atoms with E-state index < -0.39 is 80.0 Å². The van der Waals surface area contributed by atoms with Gasteiger partial charge in [0.15, 0.2) is 24.1 Å². The number of phenols is 1. The molecule has 7 rings (SSSR count). The molecule has 0 saturated carbocycles. The van der Waals surface area contributed by atoms with E-state index in [1.807, 2.05) is 0 Å². The van der Waals surface area contributed by atoms with Crippen LogP contribution >= 0.6 is 0 Å². The average Bonchev–Trinajstić information content (AvgIpc) is 3.61. The summed E-state index contributed by atoms with van der Waals surface area (Å²) in [5, 5.41) is 52.3. The summed E-state index contributed by atoms with van der Waals surface area (Å²) in [6, 6.07) is 6.73. The number of fused-ring (bicyclic) bond motifs is 4. The second kappa shape index (κ2) is 10.6. The highest BCUT2D eigenvalue weighted by Crippen LogP contribution is 2.56. The van der Waals surface area contributed by atoms with Gasteiger partial charge in [-0.1, -0.05) is 0 Å². The first-order chi connectivity index (χ1) is 20.3. The maximum absolute atomic E-state index is 13.3. The molecule has 0 amide bonds. The number of benzene rings is 2. The molecule has 0 aromatic heterocycles. The highest BCUT2D eigenvalue weighted by Gasteiger charge is 2.56. The number of aromatic hydroxyl groups is 1. The standard InChI is InChI=1S/C29H32O13/c1-11-36-9-20-27(40-11)24(33)25(34)29(41-20)42-26-16-5-19-18(38-10-39-19)4-15(16)21(22-17(26)8-37-28(22)35)12-2-13(6-30)23(32)14(3-12)7-31/h2-5,11,17,20-22,24-27,29-34H,6-10H2,1H3/t11-,17+,20-,21-,22+,24-,25-,26-,27-,29?/m1/s1. The molecule has 42 heavy (non-hydrogen) atoms. The number of aliphatic hydroxyl groups is 4. The minimum Gasteiger partial charge on any atom is -0.507 e. The number of rotatable bonds is 5. The Morgan fingerprint density at radius 1 is 0.905 bits per heavy atom. The van der Waals surface area contributed by atoms with Gasteiger partial charge in [0.05, 0.1) is 38.4 Å². The fourth-order valence-electron chi connectivity index (χ4n) is 6.85. The van der Waals surface area contributed by atoms with E-state index in [9.17, 15) is 30.3 Å². The Kier molecular flexibility index (Phi) is 7.02. The van der Waals surface area contributed by atoms with Crippen LogP contribution in [-0.2, 0) is 41.7 Å². The quantitative estimate of drug-likeness (QED) is 0.301. The van der Waals surface area contributed by atoms with Gasteiger partial charge < -0.3 is 58.7 Å². The molecular formula is C29H32O13. The molecule has 13 heteroatoms. The highest BCUT2D eigenvalue weighted by atomic mass is 16.8. The minimum atomic E-state index is -1.46. The highest BCUT2D eigenvalue weighted by molar-refractivity contribution is 5.78. The first-order valence-electron chi connectivity index (χ1n) is 13.9. The van der Waals surface area contributed by atoms with E-state index in [0.29, 0.717) is 28.2 Å². The monoisotopic (exact) mass is 588 g/mol. The van der Waals surface area contributed by atoms with Gasteiger partial charge in [-0.25, -0.2) is 0 Å². The van der Waals surface area contributed by atoms with Gasteiger partial charge in [0, 0.05) is 23.0 Å². The van der Waals surface area contributed by atoms with E-state index in [2.05, 4.69) is 0 Å². The third-order valence-electron chi connectivity index (χ3n) is 8.87. The molecule has 3 saturated heterocycles. The van der Waals surface area contributed by atoms with Gasteiger partial charge in [0.25, 0.3) is 0 Å². The van der Waals surface area contributed by atoms with Crippen LogP contribution in [0.1, 0.15) is 46.8 Å². The van der Waals surface area contributed by atoms with Crippen LogP contribution in [0, 0.1) is 11.8 Å². The number of hydrogen-bond donors (Lipinski definition) is 5. The number of carbonyl (C=O) groups is 1. The summed E-state index contributed by atoms with van der Waals surface area (Å²) >= 11 is 0. The second-order valence-electron chi connectivity index (χ2n) is 11.2. The average molecular weight is 589 g/mol. The molecule has 1 aliphatic carbocycles. The molecule has 4 heterocycles. The minimum absolute atomic E-state index is 0.00395.